The zero-order valence-corrected chi connectivity index (χ0v) is 8.49. The number of alkyl halides is 1. The zero-order chi connectivity index (χ0) is 9.52. The number of allylic oxidation sites excluding steroid dienone is 1. The summed E-state index contributed by atoms with van der Waals surface area (Å²) in [7, 11) is 0. The molecule has 0 aliphatic carbocycles. The predicted octanol–water partition coefficient (Wildman–Crippen LogP) is 3.06. The van der Waals surface area contributed by atoms with Gasteiger partial charge in [-0.2, -0.15) is 4.99 Å². The summed E-state index contributed by atoms with van der Waals surface area (Å²) in [6.45, 7) is 0. The van der Waals surface area contributed by atoms with Crippen molar-refractivity contribution < 1.29 is 4.79 Å². The van der Waals surface area contributed by atoms with Crippen LogP contribution in [0.1, 0.15) is 5.56 Å². The highest BCUT2D eigenvalue weighted by Gasteiger charge is 1.88. The Kier molecular flexibility index (Phi) is 4.16. The Bertz CT molecular complexity index is 336. The van der Waals surface area contributed by atoms with Gasteiger partial charge in [-0.05, 0) is 17.7 Å². The summed E-state index contributed by atoms with van der Waals surface area (Å²) in [4.78, 5) is 13.4. The molecule has 0 saturated carbocycles. The Morgan fingerprint density at radius 2 is 2.08 bits per heavy atom. The van der Waals surface area contributed by atoms with Gasteiger partial charge in [0.1, 0.15) is 0 Å². The van der Waals surface area contributed by atoms with Crippen LogP contribution >= 0.6 is 15.9 Å². The van der Waals surface area contributed by atoms with E-state index in [0.717, 1.165) is 10.9 Å². The Labute approximate surface area is 85.1 Å². The molecule has 13 heavy (non-hydrogen) atoms. The lowest BCUT2D eigenvalue weighted by atomic mass is 10.2. The SMILES string of the molecule is O=C=Nc1ccc(C=CCBr)cc1. The minimum atomic E-state index is 0.631. The Morgan fingerprint density at radius 1 is 1.38 bits per heavy atom. The molecule has 0 unspecified atom stereocenters. The first kappa shape index (κ1) is 9.90. The summed E-state index contributed by atoms with van der Waals surface area (Å²) in [6.07, 6.45) is 5.48. The van der Waals surface area contributed by atoms with E-state index in [9.17, 15) is 4.79 Å². The molecular weight excluding hydrogens is 230 g/mol. The third-order valence-corrected chi connectivity index (χ3v) is 1.84. The van der Waals surface area contributed by atoms with E-state index in [2.05, 4.69) is 20.9 Å². The summed E-state index contributed by atoms with van der Waals surface area (Å²) >= 11 is 3.29. The van der Waals surface area contributed by atoms with Gasteiger partial charge in [-0.1, -0.05) is 40.2 Å². The van der Waals surface area contributed by atoms with E-state index in [1.807, 2.05) is 24.3 Å². The highest BCUT2D eigenvalue weighted by atomic mass is 79.9. The van der Waals surface area contributed by atoms with Crippen LogP contribution < -0.4 is 0 Å². The maximum Gasteiger partial charge on any atom is 0.240 e. The van der Waals surface area contributed by atoms with Gasteiger partial charge >= 0.3 is 0 Å². The van der Waals surface area contributed by atoms with Gasteiger partial charge in [-0.25, -0.2) is 4.79 Å². The van der Waals surface area contributed by atoms with Gasteiger partial charge in [0.15, 0.2) is 0 Å². The van der Waals surface area contributed by atoms with Crippen LogP contribution in [0.15, 0.2) is 35.3 Å². The molecule has 66 valence electrons. The van der Waals surface area contributed by atoms with Crippen molar-refractivity contribution in [2.45, 2.75) is 0 Å². The van der Waals surface area contributed by atoms with Gasteiger partial charge in [0.05, 0.1) is 5.69 Å². The minimum Gasteiger partial charge on any atom is -0.211 e. The predicted molar refractivity (Wildman–Crippen MR) is 57.1 cm³/mol. The normalized spacial score (nSPS) is 9.92. The van der Waals surface area contributed by atoms with Crippen molar-refractivity contribution in [2.24, 2.45) is 4.99 Å². The van der Waals surface area contributed by atoms with Crippen molar-refractivity contribution in [3.05, 3.63) is 35.9 Å². The molecule has 0 N–H and O–H groups in total. The molecular formula is C10H8BrNO. The third kappa shape index (κ3) is 3.36. The quantitative estimate of drug-likeness (QED) is 0.452. The number of halogens is 1. The molecule has 0 fully saturated rings. The average molecular weight is 238 g/mol. The lowest BCUT2D eigenvalue weighted by Gasteiger charge is -1.92. The van der Waals surface area contributed by atoms with Crippen LogP contribution in [0.4, 0.5) is 5.69 Å². The van der Waals surface area contributed by atoms with Crippen LogP contribution in [0.2, 0.25) is 0 Å². The fraction of sp³-hybridized carbons (Fsp3) is 0.100. The van der Waals surface area contributed by atoms with Crippen LogP contribution in [0.3, 0.4) is 0 Å². The van der Waals surface area contributed by atoms with E-state index >= 15 is 0 Å². The Morgan fingerprint density at radius 3 is 2.62 bits per heavy atom. The van der Waals surface area contributed by atoms with Crippen molar-refractivity contribution in [3.8, 4) is 0 Å². The fourth-order valence-electron chi connectivity index (χ4n) is 0.893. The summed E-state index contributed by atoms with van der Waals surface area (Å²) in [5.41, 5.74) is 1.72. The molecule has 1 rings (SSSR count). The van der Waals surface area contributed by atoms with E-state index in [4.69, 9.17) is 0 Å². The molecule has 0 aliphatic rings. The van der Waals surface area contributed by atoms with E-state index in [1.54, 1.807) is 12.1 Å². The van der Waals surface area contributed by atoms with Gasteiger partial charge in [-0.15, -0.1) is 0 Å². The molecule has 0 atom stereocenters. The molecule has 0 amide bonds. The van der Waals surface area contributed by atoms with E-state index in [1.165, 1.54) is 6.08 Å². The maximum atomic E-state index is 9.92. The third-order valence-electron chi connectivity index (χ3n) is 1.47. The fourth-order valence-corrected chi connectivity index (χ4v) is 1.08. The molecule has 2 nitrogen and oxygen atoms in total. The first-order chi connectivity index (χ1) is 6.36. The molecule has 1 aromatic carbocycles. The van der Waals surface area contributed by atoms with Gasteiger partial charge in [0.2, 0.25) is 6.08 Å². The number of carbonyl (C=O) groups excluding carboxylic acids is 1. The first-order valence-electron chi connectivity index (χ1n) is 3.77. The molecule has 0 bridgehead atoms. The van der Waals surface area contributed by atoms with Gasteiger partial charge in [0.25, 0.3) is 0 Å². The number of hydrogen-bond donors (Lipinski definition) is 0. The second kappa shape index (κ2) is 5.46. The smallest absolute Gasteiger partial charge is 0.211 e. The van der Waals surface area contributed by atoms with E-state index in [-0.39, 0.29) is 0 Å². The number of rotatable bonds is 3. The zero-order valence-electron chi connectivity index (χ0n) is 6.90. The van der Waals surface area contributed by atoms with E-state index in [0.29, 0.717) is 5.69 Å². The number of nitrogens with zero attached hydrogens (tertiary/aromatic N) is 1. The molecule has 0 aliphatic heterocycles. The van der Waals surface area contributed by atoms with Crippen molar-refractivity contribution in [1.29, 1.82) is 0 Å². The highest BCUT2D eigenvalue weighted by molar-refractivity contribution is 9.09. The van der Waals surface area contributed by atoms with Crippen molar-refractivity contribution in [1.82, 2.24) is 0 Å². The second-order valence-corrected chi connectivity index (χ2v) is 3.00. The van der Waals surface area contributed by atoms with Crippen LogP contribution in [-0.2, 0) is 4.79 Å². The van der Waals surface area contributed by atoms with Crippen molar-refractivity contribution in [3.63, 3.8) is 0 Å². The monoisotopic (exact) mass is 237 g/mol. The molecule has 0 saturated heterocycles. The van der Waals surface area contributed by atoms with Crippen molar-refractivity contribution in [2.75, 3.05) is 5.33 Å². The second-order valence-electron chi connectivity index (χ2n) is 2.35. The maximum absolute atomic E-state index is 9.92. The van der Waals surface area contributed by atoms with Crippen LogP contribution in [0, 0.1) is 0 Å². The molecule has 0 heterocycles. The average Bonchev–Trinajstić information content (AvgIpc) is 2.17. The number of aliphatic imine (C=N–C) groups is 1. The molecule has 0 spiro atoms. The van der Waals surface area contributed by atoms with E-state index < -0.39 is 0 Å². The highest BCUT2D eigenvalue weighted by Crippen LogP contribution is 2.12. The van der Waals surface area contributed by atoms with Crippen LogP contribution in [-0.4, -0.2) is 11.4 Å². The Hall–Kier alpha value is -1.18. The topological polar surface area (TPSA) is 29.4 Å². The summed E-state index contributed by atoms with van der Waals surface area (Å²) < 4.78 is 0. The lowest BCUT2D eigenvalue weighted by molar-refractivity contribution is 0.565. The molecule has 0 radical (unpaired) electrons. The van der Waals surface area contributed by atoms with Gasteiger partial charge < -0.3 is 0 Å². The lowest BCUT2D eigenvalue weighted by Crippen LogP contribution is -1.70. The number of isocyanates is 1. The summed E-state index contributed by atoms with van der Waals surface area (Å²) in [6, 6.07) is 7.35. The molecule has 0 aromatic heterocycles. The first-order valence-corrected chi connectivity index (χ1v) is 4.89. The van der Waals surface area contributed by atoms with Crippen LogP contribution in [0.25, 0.3) is 6.08 Å². The van der Waals surface area contributed by atoms with Crippen LogP contribution in [0.5, 0.6) is 0 Å². The largest absolute Gasteiger partial charge is 0.240 e. The van der Waals surface area contributed by atoms with Gasteiger partial charge in [0, 0.05) is 5.33 Å². The molecule has 3 heteroatoms. The summed E-state index contributed by atoms with van der Waals surface area (Å²) in [5.74, 6) is 0. The number of hydrogen-bond acceptors (Lipinski definition) is 2. The Balaban J connectivity index is 2.80. The minimum absolute atomic E-state index is 0.631. The standard InChI is InChI=1S/C10H8BrNO/c11-7-1-2-9-3-5-10(6-4-9)12-8-13/h1-6H,7H2. The van der Waals surface area contributed by atoms with Gasteiger partial charge in [-0.3, -0.25) is 0 Å². The number of benzene rings is 1. The summed E-state index contributed by atoms with van der Waals surface area (Å²) in [5, 5.41) is 0.835. The van der Waals surface area contributed by atoms with Crippen molar-refractivity contribution >= 4 is 33.8 Å². The molecule has 1 aromatic rings.